The topological polar surface area (TPSA) is 71.8 Å². The molecule has 0 spiro atoms. The Kier molecular flexibility index (Phi) is 4.39. The van der Waals surface area contributed by atoms with Crippen LogP contribution in [0.15, 0.2) is 6.20 Å². The molecule has 0 saturated carbocycles. The molecule has 0 radical (unpaired) electrons. The highest BCUT2D eigenvalue weighted by atomic mass is 35.5. The van der Waals surface area contributed by atoms with E-state index >= 15 is 0 Å². The van der Waals surface area contributed by atoms with E-state index in [0.29, 0.717) is 22.9 Å². The number of hydrogen-bond acceptors (Lipinski definition) is 6. The van der Waals surface area contributed by atoms with Gasteiger partial charge in [0.05, 0.1) is 16.9 Å². The molecule has 2 aromatic rings. The third-order valence-corrected chi connectivity index (χ3v) is 3.30. The Morgan fingerprint density at radius 1 is 1.25 bits per heavy atom. The average Bonchev–Trinajstić information content (AvgIpc) is 2.80. The SMILES string of the molecule is CCN(CC)c1nc(NC)nc(-n2cc(Cl)c(C)n2)n1. The first-order chi connectivity index (χ1) is 9.58. The van der Waals surface area contributed by atoms with Gasteiger partial charge < -0.3 is 10.2 Å². The van der Waals surface area contributed by atoms with Gasteiger partial charge in [0, 0.05) is 20.1 Å². The second kappa shape index (κ2) is 6.04. The van der Waals surface area contributed by atoms with Crippen LogP contribution in [0.4, 0.5) is 11.9 Å². The fraction of sp³-hybridized carbons (Fsp3) is 0.500. The molecule has 0 bridgehead atoms. The van der Waals surface area contributed by atoms with Crippen LogP contribution in [0.5, 0.6) is 0 Å². The van der Waals surface area contributed by atoms with Crippen LogP contribution < -0.4 is 10.2 Å². The molecule has 2 aromatic heterocycles. The molecule has 0 unspecified atom stereocenters. The predicted molar refractivity (Wildman–Crippen MR) is 79.8 cm³/mol. The number of nitrogens with one attached hydrogen (secondary N) is 1. The lowest BCUT2D eigenvalue weighted by Crippen LogP contribution is -2.25. The summed E-state index contributed by atoms with van der Waals surface area (Å²) in [6.07, 6.45) is 1.69. The molecule has 108 valence electrons. The Labute approximate surface area is 123 Å². The maximum absolute atomic E-state index is 6.03. The molecular formula is C12H18ClN7. The highest BCUT2D eigenvalue weighted by molar-refractivity contribution is 6.31. The van der Waals surface area contributed by atoms with E-state index in [4.69, 9.17) is 11.6 Å². The molecule has 0 fully saturated rings. The van der Waals surface area contributed by atoms with Gasteiger partial charge in [-0.15, -0.1) is 0 Å². The molecule has 0 saturated heterocycles. The van der Waals surface area contributed by atoms with Crippen LogP contribution in [-0.4, -0.2) is 44.9 Å². The fourth-order valence-corrected chi connectivity index (χ4v) is 1.89. The van der Waals surface area contributed by atoms with E-state index in [9.17, 15) is 0 Å². The first kappa shape index (κ1) is 14.5. The lowest BCUT2D eigenvalue weighted by molar-refractivity contribution is 0.758. The first-order valence-corrected chi connectivity index (χ1v) is 6.87. The van der Waals surface area contributed by atoms with Crippen molar-refractivity contribution in [2.75, 3.05) is 30.4 Å². The summed E-state index contributed by atoms with van der Waals surface area (Å²) in [6, 6.07) is 0. The van der Waals surface area contributed by atoms with Gasteiger partial charge in [-0.1, -0.05) is 11.6 Å². The minimum absolute atomic E-state index is 0.446. The van der Waals surface area contributed by atoms with Crippen molar-refractivity contribution in [3.05, 3.63) is 16.9 Å². The monoisotopic (exact) mass is 295 g/mol. The van der Waals surface area contributed by atoms with Crippen molar-refractivity contribution in [3.63, 3.8) is 0 Å². The van der Waals surface area contributed by atoms with Gasteiger partial charge in [-0.3, -0.25) is 0 Å². The van der Waals surface area contributed by atoms with Gasteiger partial charge >= 0.3 is 0 Å². The summed E-state index contributed by atoms with van der Waals surface area (Å²) < 4.78 is 1.56. The van der Waals surface area contributed by atoms with Crippen molar-refractivity contribution < 1.29 is 0 Å². The number of anilines is 2. The van der Waals surface area contributed by atoms with Crippen LogP contribution in [0.2, 0.25) is 5.02 Å². The van der Waals surface area contributed by atoms with Gasteiger partial charge in [0.25, 0.3) is 5.95 Å². The van der Waals surface area contributed by atoms with Gasteiger partial charge in [0.15, 0.2) is 0 Å². The van der Waals surface area contributed by atoms with Crippen molar-refractivity contribution in [1.29, 1.82) is 0 Å². The molecule has 0 atom stereocenters. The first-order valence-electron chi connectivity index (χ1n) is 6.49. The second-order valence-corrected chi connectivity index (χ2v) is 4.60. The molecule has 20 heavy (non-hydrogen) atoms. The van der Waals surface area contributed by atoms with Gasteiger partial charge in [0.1, 0.15) is 0 Å². The second-order valence-electron chi connectivity index (χ2n) is 4.19. The van der Waals surface area contributed by atoms with Crippen molar-refractivity contribution in [1.82, 2.24) is 24.7 Å². The Bertz CT molecular complexity index is 572. The number of halogens is 1. The minimum atomic E-state index is 0.446. The van der Waals surface area contributed by atoms with E-state index in [-0.39, 0.29) is 0 Å². The maximum atomic E-state index is 6.03. The van der Waals surface area contributed by atoms with Crippen molar-refractivity contribution >= 4 is 23.5 Å². The lowest BCUT2D eigenvalue weighted by Gasteiger charge is -2.19. The Balaban J connectivity index is 2.50. The normalized spacial score (nSPS) is 10.7. The predicted octanol–water partition coefficient (Wildman–Crippen LogP) is 1.91. The molecular weight excluding hydrogens is 278 g/mol. The summed E-state index contributed by atoms with van der Waals surface area (Å²) in [5.41, 5.74) is 0.738. The van der Waals surface area contributed by atoms with E-state index in [1.165, 1.54) is 0 Å². The molecule has 0 aliphatic carbocycles. The number of nitrogens with zero attached hydrogens (tertiary/aromatic N) is 6. The van der Waals surface area contributed by atoms with Crippen LogP contribution in [0.3, 0.4) is 0 Å². The van der Waals surface area contributed by atoms with Crippen LogP contribution in [0, 0.1) is 6.92 Å². The lowest BCUT2D eigenvalue weighted by atomic mass is 10.5. The number of aromatic nitrogens is 5. The molecule has 7 nitrogen and oxygen atoms in total. The maximum Gasteiger partial charge on any atom is 0.257 e. The highest BCUT2D eigenvalue weighted by Gasteiger charge is 2.13. The summed E-state index contributed by atoms with van der Waals surface area (Å²) in [4.78, 5) is 15.2. The molecule has 0 aliphatic rings. The van der Waals surface area contributed by atoms with Crippen LogP contribution in [0.25, 0.3) is 5.95 Å². The molecule has 1 N–H and O–H groups in total. The quantitative estimate of drug-likeness (QED) is 0.908. The van der Waals surface area contributed by atoms with Crippen molar-refractivity contribution in [3.8, 4) is 5.95 Å². The molecule has 0 amide bonds. The average molecular weight is 296 g/mol. The van der Waals surface area contributed by atoms with E-state index in [1.807, 2.05) is 11.8 Å². The Morgan fingerprint density at radius 3 is 2.45 bits per heavy atom. The van der Waals surface area contributed by atoms with Crippen molar-refractivity contribution in [2.45, 2.75) is 20.8 Å². The minimum Gasteiger partial charge on any atom is -0.357 e. The van der Waals surface area contributed by atoms with Crippen LogP contribution in [-0.2, 0) is 0 Å². The number of hydrogen-bond donors (Lipinski definition) is 1. The number of rotatable bonds is 5. The summed E-state index contributed by atoms with van der Waals surface area (Å²) in [5.74, 6) is 1.57. The van der Waals surface area contributed by atoms with E-state index in [0.717, 1.165) is 18.8 Å². The largest absolute Gasteiger partial charge is 0.357 e. The van der Waals surface area contributed by atoms with E-state index in [2.05, 4.69) is 39.2 Å². The number of aryl methyl sites for hydroxylation is 1. The third-order valence-electron chi connectivity index (χ3n) is 2.93. The zero-order chi connectivity index (χ0) is 14.7. The molecule has 0 aromatic carbocycles. The Hall–Kier alpha value is -1.89. The van der Waals surface area contributed by atoms with E-state index in [1.54, 1.807) is 17.9 Å². The fourth-order valence-electron chi connectivity index (χ4n) is 1.76. The zero-order valence-corrected chi connectivity index (χ0v) is 12.8. The summed E-state index contributed by atoms with van der Waals surface area (Å²) in [6.45, 7) is 7.59. The highest BCUT2D eigenvalue weighted by Crippen LogP contribution is 2.17. The van der Waals surface area contributed by atoms with Gasteiger partial charge in [0.2, 0.25) is 11.9 Å². The summed E-state index contributed by atoms with van der Waals surface area (Å²) in [5, 5.41) is 7.82. The van der Waals surface area contributed by atoms with Crippen LogP contribution in [0.1, 0.15) is 19.5 Å². The van der Waals surface area contributed by atoms with Crippen LogP contribution >= 0.6 is 11.6 Å². The standard InChI is InChI=1S/C12H18ClN7/c1-5-19(6-2)11-15-10(14-4)16-12(17-11)20-7-9(13)8(3)18-20/h7H,5-6H2,1-4H3,(H,14,15,16,17). The Morgan fingerprint density at radius 2 is 1.95 bits per heavy atom. The van der Waals surface area contributed by atoms with Crippen molar-refractivity contribution in [2.24, 2.45) is 0 Å². The molecule has 0 aliphatic heterocycles. The third kappa shape index (κ3) is 2.82. The van der Waals surface area contributed by atoms with Gasteiger partial charge in [-0.2, -0.15) is 20.1 Å². The molecule has 2 heterocycles. The summed E-state index contributed by atoms with van der Waals surface area (Å²) >= 11 is 6.03. The summed E-state index contributed by atoms with van der Waals surface area (Å²) in [7, 11) is 1.77. The molecule has 8 heteroatoms. The molecule has 2 rings (SSSR count). The zero-order valence-electron chi connectivity index (χ0n) is 12.1. The van der Waals surface area contributed by atoms with Gasteiger partial charge in [-0.25, -0.2) is 4.68 Å². The van der Waals surface area contributed by atoms with Gasteiger partial charge in [-0.05, 0) is 20.8 Å². The van der Waals surface area contributed by atoms with E-state index < -0.39 is 0 Å². The smallest absolute Gasteiger partial charge is 0.257 e.